The Morgan fingerprint density at radius 2 is 2.03 bits per heavy atom. The molecule has 0 radical (unpaired) electrons. The number of carbonyl (C=O) groups excluding carboxylic acids is 1. The van der Waals surface area contributed by atoms with Crippen LogP contribution in [0.3, 0.4) is 0 Å². The zero-order valence-corrected chi connectivity index (χ0v) is 18.3. The van der Waals surface area contributed by atoms with Gasteiger partial charge in [0, 0.05) is 32.6 Å². The van der Waals surface area contributed by atoms with E-state index >= 15 is 0 Å². The molecule has 1 amide bonds. The summed E-state index contributed by atoms with van der Waals surface area (Å²) < 4.78 is 44.3. The summed E-state index contributed by atoms with van der Waals surface area (Å²) in [5, 5.41) is 1.36. The average molecular weight is 470 g/mol. The molecule has 5 nitrogen and oxygen atoms in total. The van der Waals surface area contributed by atoms with Crippen LogP contribution in [-0.4, -0.2) is 36.8 Å². The van der Waals surface area contributed by atoms with E-state index in [1.165, 1.54) is 23.1 Å². The minimum Gasteiger partial charge on any atom is -0.451 e. The lowest BCUT2D eigenvalue weighted by Crippen LogP contribution is -2.41. The lowest BCUT2D eigenvalue weighted by Gasteiger charge is -2.28. The van der Waals surface area contributed by atoms with Crippen LogP contribution in [0.4, 0.5) is 4.39 Å². The molecule has 158 valence electrons. The van der Waals surface area contributed by atoms with Crippen LogP contribution in [0.5, 0.6) is 0 Å². The number of halogens is 3. The predicted octanol–water partition coefficient (Wildman–Crippen LogP) is 5.02. The van der Waals surface area contributed by atoms with Crippen molar-refractivity contribution in [2.45, 2.75) is 25.9 Å². The third kappa shape index (κ3) is 3.94. The number of sulfone groups is 1. The summed E-state index contributed by atoms with van der Waals surface area (Å²) in [5.41, 5.74) is 1.21. The van der Waals surface area contributed by atoms with E-state index in [1.807, 2.05) is 0 Å². The fraction of sp³-hybridized carbons (Fsp3) is 0.286. The Kier molecular flexibility index (Phi) is 5.55. The van der Waals surface area contributed by atoms with Crippen molar-refractivity contribution in [1.82, 2.24) is 4.90 Å². The van der Waals surface area contributed by atoms with Gasteiger partial charge in [0.15, 0.2) is 15.6 Å². The smallest absolute Gasteiger partial charge is 0.290 e. The number of nitrogens with zero attached hydrogens (tertiary/aromatic N) is 1. The molecule has 1 aliphatic heterocycles. The maximum Gasteiger partial charge on any atom is 0.290 e. The summed E-state index contributed by atoms with van der Waals surface area (Å²) in [6, 6.07) is 8.67. The van der Waals surface area contributed by atoms with Crippen LogP contribution in [-0.2, 0) is 16.4 Å². The van der Waals surface area contributed by atoms with Gasteiger partial charge >= 0.3 is 0 Å². The SMILES string of the molecule is Cc1c(C(=O)N(Cc2c(F)cccc2Cl)C2CCS(=O)(=O)C2)oc2ccc(Cl)cc12. The van der Waals surface area contributed by atoms with E-state index in [0.29, 0.717) is 21.6 Å². The van der Waals surface area contributed by atoms with Gasteiger partial charge < -0.3 is 9.32 Å². The minimum absolute atomic E-state index is 0.0266. The fourth-order valence-corrected chi connectivity index (χ4v) is 5.89. The van der Waals surface area contributed by atoms with E-state index < -0.39 is 27.6 Å². The zero-order valence-electron chi connectivity index (χ0n) is 16.0. The van der Waals surface area contributed by atoms with Crippen molar-refractivity contribution in [3.63, 3.8) is 0 Å². The third-order valence-electron chi connectivity index (χ3n) is 5.39. The van der Waals surface area contributed by atoms with E-state index in [-0.39, 0.29) is 40.8 Å². The van der Waals surface area contributed by atoms with Crippen LogP contribution in [0.25, 0.3) is 11.0 Å². The van der Waals surface area contributed by atoms with E-state index in [2.05, 4.69) is 0 Å². The van der Waals surface area contributed by atoms with E-state index in [1.54, 1.807) is 25.1 Å². The molecule has 1 atom stereocenters. The highest BCUT2D eigenvalue weighted by Crippen LogP contribution is 2.32. The monoisotopic (exact) mass is 469 g/mol. The summed E-state index contributed by atoms with van der Waals surface area (Å²) in [7, 11) is -3.28. The molecular weight excluding hydrogens is 452 g/mol. The fourth-order valence-electron chi connectivity index (χ4n) is 3.77. The van der Waals surface area contributed by atoms with Crippen molar-refractivity contribution in [3.05, 3.63) is 69.1 Å². The van der Waals surface area contributed by atoms with Gasteiger partial charge in [-0.05, 0) is 43.7 Å². The number of aryl methyl sites for hydroxylation is 1. The quantitative estimate of drug-likeness (QED) is 0.537. The maximum atomic E-state index is 14.4. The van der Waals surface area contributed by atoms with Crippen molar-refractivity contribution in [2.24, 2.45) is 0 Å². The molecule has 1 fully saturated rings. The van der Waals surface area contributed by atoms with E-state index in [9.17, 15) is 17.6 Å². The number of furan rings is 1. The second kappa shape index (κ2) is 7.87. The van der Waals surface area contributed by atoms with Gasteiger partial charge in [-0.2, -0.15) is 0 Å². The van der Waals surface area contributed by atoms with Gasteiger partial charge in [0.2, 0.25) is 0 Å². The Morgan fingerprint density at radius 3 is 2.70 bits per heavy atom. The number of carbonyl (C=O) groups is 1. The Balaban J connectivity index is 1.77. The Morgan fingerprint density at radius 1 is 1.27 bits per heavy atom. The van der Waals surface area contributed by atoms with Crippen LogP contribution in [0.1, 0.15) is 28.1 Å². The van der Waals surface area contributed by atoms with Crippen molar-refractivity contribution in [2.75, 3.05) is 11.5 Å². The summed E-state index contributed by atoms with van der Waals surface area (Å²) in [6.45, 7) is 1.57. The van der Waals surface area contributed by atoms with Gasteiger partial charge in [0.1, 0.15) is 11.4 Å². The summed E-state index contributed by atoms with van der Waals surface area (Å²) in [4.78, 5) is 14.8. The molecule has 1 unspecified atom stereocenters. The average Bonchev–Trinajstić information content (AvgIpc) is 3.20. The first kappa shape index (κ1) is 21.2. The van der Waals surface area contributed by atoms with Crippen molar-refractivity contribution < 1.29 is 22.0 Å². The number of hydrogen-bond acceptors (Lipinski definition) is 4. The number of hydrogen-bond donors (Lipinski definition) is 0. The molecular formula is C21H18Cl2FNO4S. The molecule has 2 aromatic carbocycles. The zero-order chi connectivity index (χ0) is 21.6. The van der Waals surface area contributed by atoms with Crippen molar-refractivity contribution >= 4 is 49.9 Å². The maximum absolute atomic E-state index is 14.4. The summed E-state index contributed by atoms with van der Waals surface area (Å²) >= 11 is 12.2. The third-order valence-corrected chi connectivity index (χ3v) is 7.73. The lowest BCUT2D eigenvalue weighted by atomic mass is 10.1. The number of rotatable bonds is 4. The molecule has 0 saturated carbocycles. The molecule has 9 heteroatoms. The minimum atomic E-state index is -3.28. The van der Waals surface area contributed by atoms with Gasteiger partial charge in [-0.15, -0.1) is 0 Å². The molecule has 30 heavy (non-hydrogen) atoms. The van der Waals surface area contributed by atoms with Crippen molar-refractivity contribution in [3.8, 4) is 0 Å². The Bertz CT molecular complexity index is 1240. The van der Waals surface area contributed by atoms with Crippen LogP contribution in [0.15, 0.2) is 40.8 Å². The molecule has 0 N–H and O–H groups in total. The molecule has 0 spiro atoms. The van der Waals surface area contributed by atoms with E-state index in [4.69, 9.17) is 27.6 Å². The second-order valence-electron chi connectivity index (χ2n) is 7.39. The normalized spacial score (nSPS) is 18.1. The molecule has 3 aromatic rings. The molecule has 1 aliphatic rings. The standard InChI is InChI=1S/C21H18Cl2FNO4S/c1-12-15-9-13(22)5-6-19(15)29-20(12)21(26)25(14-7-8-30(27,28)11-14)10-16-17(23)3-2-4-18(16)24/h2-6,9,14H,7-8,10-11H2,1H3. The Labute approximate surface area is 183 Å². The van der Waals surface area contributed by atoms with Gasteiger partial charge in [-0.1, -0.05) is 29.3 Å². The molecule has 4 rings (SSSR count). The molecule has 0 bridgehead atoms. The molecule has 1 saturated heterocycles. The molecule has 1 aromatic heterocycles. The van der Waals surface area contributed by atoms with Crippen LogP contribution < -0.4 is 0 Å². The van der Waals surface area contributed by atoms with Crippen molar-refractivity contribution in [1.29, 1.82) is 0 Å². The largest absolute Gasteiger partial charge is 0.451 e. The number of fused-ring (bicyclic) bond motifs is 1. The number of amides is 1. The van der Waals surface area contributed by atoms with Gasteiger partial charge in [-0.25, -0.2) is 12.8 Å². The first-order chi connectivity index (χ1) is 14.2. The first-order valence-corrected chi connectivity index (χ1v) is 11.9. The lowest BCUT2D eigenvalue weighted by molar-refractivity contribution is 0.0647. The van der Waals surface area contributed by atoms with Crippen LogP contribution in [0.2, 0.25) is 10.0 Å². The highest BCUT2D eigenvalue weighted by Gasteiger charge is 2.37. The summed E-state index contributed by atoms with van der Waals surface area (Å²) in [5.74, 6) is -1.21. The van der Waals surface area contributed by atoms with Gasteiger partial charge in [0.05, 0.1) is 18.1 Å². The van der Waals surface area contributed by atoms with Gasteiger partial charge in [-0.3, -0.25) is 4.79 Å². The summed E-state index contributed by atoms with van der Waals surface area (Å²) in [6.07, 6.45) is 0.269. The Hall–Kier alpha value is -2.09. The second-order valence-corrected chi connectivity index (χ2v) is 10.5. The highest BCUT2D eigenvalue weighted by molar-refractivity contribution is 7.91. The topological polar surface area (TPSA) is 67.6 Å². The molecule has 0 aliphatic carbocycles. The highest BCUT2D eigenvalue weighted by atomic mass is 35.5. The van der Waals surface area contributed by atoms with Crippen LogP contribution in [0, 0.1) is 12.7 Å². The molecule has 2 heterocycles. The predicted molar refractivity (Wildman–Crippen MR) is 114 cm³/mol. The number of benzene rings is 2. The van der Waals surface area contributed by atoms with E-state index in [0.717, 1.165) is 0 Å². The van der Waals surface area contributed by atoms with Gasteiger partial charge in [0.25, 0.3) is 5.91 Å². The first-order valence-electron chi connectivity index (χ1n) is 9.29. The van der Waals surface area contributed by atoms with Crippen LogP contribution >= 0.6 is 23.2 Å².